The molecule has 1 aromatic rings. The SMILES string of the molecule is C1=CCC(NC(c2cccs2)C2CC2)CC1. The molecule has 1 heterocycles. The van der Waals surface area contributed by atoms with Gasteiger partial charge >= 0.3 is 0 Å². The van der Waals surface area contributed by atoms with Crippen molar-refractivity contribution in [2.24, 2.45) is 5.92 Å². The Morgan fingerprint density at radius 2 is 2.19 bits per heavy atom. The quantitative estimate of drug-likeness (QED) is 0.778. The average Bonchev–Trinajstić information content (AvgIpc) is 3.02. The summed E-state index contributed by atoms with van der Waals surface area (Å²) in [6.45, 7) is 0. The summed E-state index contributed by atoms with van der Waals surface area (Å²) in [7, 11) is 0. The maximum atomic E-state index is 3.88. The molecule has 2 heteroatoms. The van der Waals surface area contributed by atoms with Gasteiger partial charge in [-0.15, -0.1) is 11.3 Å². The predicted molar refractivity (Wildman–Crippen MR) is 69.7 cm³/mol. The molecule has 0 amide bonds. The Morgan fingerprint density at radius 3 is 2.81 bits per heavy atom. The van der Waals surface area contributed by atoms with Crippen LogP contribution in [-0.2, 0) is 0 Å². The van der Waals surface area contributed by atoms with Crippen molar-refractivity contribution in [3.8, 4) is 0 Å². The number of allylic oxidation sites excluding steroid dienone is 1. The van der Waals surface area contributed by atoms with Crippen LogP contribution >= 0.6 is 11.3 Å². The Morgan fingerprint density at radius 1 is 1.25 bits per heavy atom. The molecule has 0 aliphatic heterocycles. The van der Waals surface area contributed by atoms with Crippen LogP contribution in [0.4, 0.5) is 0 Å². The molecule has 1 N–H and O–H groups in total. The lowest BCUT2D eigenvalue weighted by Crippen LogP contribution is -2.34. The number of thiophene rings is 1. The molecule has 2 atom stereocenters. The molecule has 1 aromatic heterocycles. The highest BCUT2D eigenvalue weighted by atomic mass is 32.1. The first-order valence-corrected chi connectivity index (χ1v) is 7.26. The normalized spacial score (nSPS) is 26.9. The summed E-state index contributed by atoms with van der Waals surface area (Å²) in [5.41, 5.74) is 0. The van der Waals surface area contributed by atoms with Gasteiger partial charge in [-0.25, -0.2) is 0 Å². The van der Waals surface area contributed by atoms with Crippen molar-refractivity contribution < 1.29 is 0 Å². The molecule has 0 bridgehead atoms. The van der Waals surface area contributed by atoms with Crippen LogP contribution in [0.1, 0.15) is 43.0 Å². The molecule has 3 rings (SSSR count). The fourth-order valence-electron chi connectivity index (χ4n) is 2.55. The predicted octanol–water partition coefficient (Wildman–Crippen LogP) is 3.90. The zero-order valence-corrected chi connectivity index (χ0v) is 10.4. The van der Waals surface area contributed by atoms with E-state index >= 15 is 0 Å². The largest absolute Gasteiger partial charge is 0.306 e. The van der Waals surface area contributed by atoms with Gasteiger partial charge in [-0.3, -0.25) is 0 Å². The van der Waals surface area contributed by atoms with Gasteiger partial charge in [0.2, 0.25) is 0 Å². The average molecular weight is 233 g/mol. The summed E-state index contributed by atoms with van der Waals surface area (Å²) in [5.74, 6) is 0.907. The Balaban J connectivity index is 1.67. The van der Waals surface area contributed by atoms with E-state index < -0.39 is 0 Å². The maximum absolute atomic E-state index is 3.88. The van der Waals surface area contributed by atoms with Gasteiger partial charge in [0.15, 0.2) is 0 Å². The molecule has 1 nitrogen and oxygen atoms in total. The van der Waals surface area contributed by atoms with Gasteiger partial charge in [0.05, 0.1) is 0 Å². The maximum Gasteiger partial charge on any atom is 0.0445 e. The van der Waals surface area contributed by atoms with Crippen molar-refractivity contribution in [2.45, 2.75) is 44.2 Å². The minimum Gasteiger partial charge on any atom is -0.306 e. The lowest BCUT2D eigenvalue weighted by Gasteiger charge is -2.26. The molecule has 0 spiro atoms. The number of hydrogen-bond acceptors (Lipinski definition) is 2. The van der Waals surface area contributed by atoms with Gasteiger partial charge in [-0.2, -0.15) is 0 Å². The van der Waals surface area contributed by atoms with Gasteiger partial charge < -0.3 is 5.32 Å². The van der Waals surface area contributed by atoms with Crippen LogP contribution in [0, 0.1) is 5.92 Å². The van der Waals surface area contributed by atoms with Crippen LogP contribution in [0.5, 0.6) is 0 Å². The van der Waals surface area contributed by atoms with Crippen LogP contribution in [0.25, 0.3) is 0 Å². The van der Waals surface area contributed by atoms with Crippen molar-refractivity contribution in [3.05, 3.63) is 34.5 Å². The summed E-state index contributed by atoms with van der Waals surface area (Å²) < 4.78 is 0. The number of rotatable bonds is 4. The molecular formula is C14H19NS. The minimum absolute atomic E-state index is 0.636. The lowest BCUT2D eigenvalue weighted by molar-refractivity contribution is 0.386. The molecular weight excluding hydrogens is 214 g/mol. The van der Waals surface area contributed by atoms with E-state index in [0.29, 0.717) is 12.1 Å². The van der Waals surface area contributed by atoms with E-state index in [9.17, 15) is 0 Å². The second kappa shape index (κ2) is 4.72. The Bertz CT molecular complexity index is 351. The van der Waals surface area contributed by atoms with E-state index in [0.717, 1.165) is 5.92 Å². The topological polar surface area (TPSA) is 12.0 Å². The summed E-state index contributed by atoms with van der Waals surface area (Å²) in [5, 5.41) is 6.08. The zero-order valence-electron chi connectivity index (χ0n) is 9.56. The van der Waals surface area contributed by atoms with Gasteiger partial charge in [-0.1, -0.05) is 18.2 Å². The first kappa shape index (κ1) is 10.5. The molecule has 2 aliphatic carbocycles. The van der Waals surface area contributed by atoms with E-state index in [1.54, 1.807) is 0 Å². The fraction of sp³-hybridized carbons (Fsp3) is 0.571. The number of hydrogen-bond donors (Lipinski definition) is 1. The first-order valence-electron chi connectivity index (χ1n) is 6.38. The second-order valence-electron chi connectivity index (χ2n) is 4.98. The van der Waals surface area contributed by atoms with Crippen molar-refractivity contribution >= 4 is 11.3 Å². The smallest absolute Gasteiger partial charge is 0.0445 e. The van der Waals surface area contributed by atoms with Crippen LogP contribution in [-0.4, -0.2) is 6.04 Å². The fourth-order valence-corrected chi connectivity index (χ4v) is 3.43. The van der Waals surface area contributed by atoms with Crippen molar-refractivity contribution in [3.63, 3.8) is 0 Å². The Hall–Kier alpha value is -0.600. The molecule has 0 aromatic carbocycles. The van der Waals surface area contributed by atoms with Gasteiger partial charge in [0.25, 0.3) is 0 Å². The first-order chi connectivity index (χ1) is 7.93. The molecule has 1 fully saturated rings. The molecule has 16 heavy (non-hydrogen) atoms. The van der Waals surface area contributed by atoms with Crippen LogP contribution in [0.2, 0.25) is 0 Å². The van der Waals surface area contributed by atoms with Gasteiger partial charge in [0.1, 0.15) is 0 Å². The molecule has 0 radical (unpaired) electrons. The monoisotopic (exact) mass is 233 g/mol. The van der Waals surface area contributed by atoms with Crippen molar-refractivity contribution in [1.29, 1.82) is 0 Å². The highest BCUT2D eigenvalue weighted by Gasteiger charge is 2.33. The summed E-state index contributed by atoms with van der Waals surface area (Å²) in [6.07, 6.45) is 11.3. The molecule has 0 saturated heterocycles. The van der Waals surface area contributed by atoms with Gasteiger partial charge in [0, 0.05) is 17.0 Å². The Labute approximate surface area is 102 Å². The number of nitrogens with one attached hydrogen (secondary N) is 1. The lowest BCUT2D eigenvalue weighted by atomic mass is 9.99. The third-order valence-corrected chi connectivity index (χ3v) is 4.58. The third kappa shape index (κ3) is 2.38. The van der Waals surface area contributed by atoms with E-state index in [2.05, 4.69) is 35.0 Å². The molecule has 2 aliphatic rings. The highest BCUT2D eigenvalue weighted by molar-refractivity contribution is 7.10. The summed E-state index contributed by atoms with van der Waals surface area (Å²) in [4.78, 5) is 1.54. The zero-order chi connectivity index (χ0) is 10.8. The van der Waals surface area contributed by atoms with Gasteiger partial charge in [-0.05, 0) is 49.5 Å². The van der Waals surface area contributed by atoms with Crippen molar-refractivity contribution in [1.82, 2.24) is 5.32 Å². The molecule has 1 saturated carbocycles. The standard InChI is InChI=1S/C14H19NS/c1-2-5-12(6-3-1)15-14(11-8-9-11)13-7-4-10-16-13/h1-2,4,7,10-12,14-15H,3,5-6,8-9H2. The van der Waals surface area contributed by atoms with E-state index in [4.69, 9.17) is 0 Å². The molecule has 86 valence electrons. The van der Waals surface area contributed by atoms with Crippen LogP contribution < -0.4 is 5.32 Å². The third-order valence-electron chi connectivity index (χ3n) is 3.63. The van der Waals surface area contributed by atoms with Crippen LogP contribution in [0.3, 0.4) is 0 Å². The minimum atomic E-state index is 0.636. The highest BCUT2D eigenvalue weighted by Crippen LogP contribution is 2.42. The van der Waals surface area contributed by atoms with E-state index in [1.165, 1.54) is 37.0 Å². The van der Waals surface area contributed by atoms with E-state index in [1.807, 2.05) is 11.3 Å². The summed E-state index contributed by atoms with van der Waals surface area (Å²) >= 11 is 1.91. The van der Waals surface area contributed by atoms with Crippen molar-refractivity contribution in [2.75, 3.05) is 0 Å². The van der Waals surface area contributed by atoms with E-state index in [-0.39, 0.29) is 0 Å². The second-order valence-corrected chi connectivity index (χ2v) is 5.96. The molecule has 2 unspecified atom stereocenters. The van der Waals surface area contributed by atoms with Crippen LogP contribution in [0.15, 0.2) is 29.7 Å². The Kier molecular flexibility index (Phi) is 3.11. The summed E-state index contributed by atoms with van der Waals surface area (Å²) in [6, 6.07) is 5.81.